The summed E-state index contributed by atoms with van der Waals surface area (Å²) in [5, 5.41) is 12.9. The molecule has 2 aromatic rings. The van der Waals surface area contributed by atoms with Gasteiger partial charge in [0.2, 0.25) is 0 Å². The number of aromatic amines is 1. The Morgan fingerprint density at radius 1 is 1.39 bits per heavy atom. The summed E-state index contributed by atoms with van der Waals surface area (Å²) in [6, 6.07) is 6.33. The maximum atomic E-state index is 15.1. The van der Waals surface area contributed by atoms with Crippen LogP contribution in [-0.2, 0) is 23.4 Å². The van der Waals surface area contributed by atoms with Gasteiger partial charge in [0.1, 0.15) is 24.0 Å². The number of aliphatic hydroxyl groups is 1. The zero-order chi connectivity index (χ0) is 28.4. The number of H-pyrrole nitrogens is 1. The van der Waals surface area contributed by atoms with Gasteiger partial charge < -0.3 is 19.1 Å². The molecular weight excluding hydrogens is 516 g/mol. The van der Waals surface area contributed by atoms with Crippen LogP contribution in [0.2, 0.25) is 0 Å². The minimum atomic E-state index is -4.74. The highest BCUT2D eigenvalue weighted by atomic mass is 32.1. The predicted molar refractivity (Wildman–Crippen MR) is 130 cm³/mol. The van der Waals surface area contributed by atoms with Gasteiger partial charge >= 0.3 is 13.7 Å². The first-order chi connectivity index (χ1) is 17.6. The fourth-order valence-corrected chi connectivity index (χ4v) is 4.78. The molecule has 2 heterocycles. The average molecular weight is 548 g/mol. The summed E-state index contributed by atoms with van der Waals surface area (Å²) in [5.41, 5.74) is -0.343. The van der Waals surface area contributed by atoms with E-state index in [-0.39, 0.29) is 16.1 Å². The third-order valence-corrected chi connectivity index (χ3v) is 6.74. The molecule has 0 bridgehead atoms. The summed E-state index contributed by atoms with van der Waals surface area (Å²) in [6.07, 6.45) is -7.26. The molecule has 3 rings (SSSR count). The van der Waals surface area contributed by atoms with Crippen molar-refractivity contribution in [1.29, 1.82) is 0 Å². The van der Waals surface area contributed by atoms with Gasteiger partial charge in [-0.2, -0.15) is 5.09 Å². The monoisotopic (exact) mass is 547 g/mol. The van der Waals surface area contributed by atoms with Gasteiger partial charge in [-0.25, -0.2) is 8.96 Å². The summed E-state index contributed by atoms with van der Waals surface area (Å²) in [6.45, 7) is 2.84. The van der Waals surface area contributed by atoms with Crippen LogP contribution in [0.5, 0.6) is 5.75 Å². The van der Waals surface area contributed by atoms with Crippen molar-refractivity contribution < 1.29 is 40.1 Å². The molecule has 1 saturated heterocycles. The minimum Gasteiger partial charge on any atom is -0.462 e. The Kier molecular flexibility index (Phi) is 8.25. The van der Waals surface area contributed by atoms with Gasteiger partial charge in [0.25, 0.3) is 5.56 Å². The average Bonchev–Trinajstić information content (AvgIpc) is 3.11. The number of nitrogens with zero attached hydrogens (tertiary/aromatic N) is 1. The third kappa shape index (κ3) is 6.87. The molecule has 0 aliphatic carbocycles. The number of nitrogens with one attached hydrogen (secondary N) is 2. The molecule has 11 nitrogen and oxygen atoms in total. The second kappa shape index (κ2) is 11.8. The lowest BCUT2D eigenvalue weighted by Gasteiger charge is -2.25. The molecule has 14 heteroatoms. The fraction of sp³-hybridized carbons (Fsp3) is 0.500. The number of aromatic nitrogens is 2. The first-order valence-corrected chi connectivity index (χ1v) is 12.9. The van der Waals surface area contributed by atoms with E-state index in [0.717, 1.165) is 4.57 Å². The van der Waals surface area contributed by atoms with Crippen LogP contribution in [-0.4, -0.2) is 57.7 Å². The summed E-state index contributed by atoms with van der Waals surface area (Å²) in [4.78, 5) is 26.4. The minimum absolute atomic E-state index is 0.00714. The first kappa shape index (κ1) is 25.2. The van der Waals surface area contributed by atoms with E-state index in [9.17, 15) is 19.3 Å². The van der Waals surface area contributed by atoms with Crippen LogP contribution in [0.4, 0.5) is 4.39 Å². The lowest BCUT2D eigenvalue weighted by Crippen LogP contribution is -2.37. The van der Waals surface area contributed by atoms with E-state index in [1.807, 2.05) is 0 Å². The number of halogens is 1. The maximum Gasteiger partial charge on any atom is 0.459 e. The van der Waals surface area contributed by atoms with Gasteiger partial charge in [0.15, 0.2) is 17.2 Å². The number of aliphatic hydroxyl groups excluding tert-OH is 1. The fourth-order valence-electron chi connectivity index (χ4n) is 3.17. The highest BCUT2D eigenvalue weighted by Crippen LogP contribution is 2.46. The highest BCUT2D eigenvalue weighted by Gasteiger charge is 2.47. The SMILES string of the molecule is [2H]C([2H])(O[P@](=O)(N[C@@H](C)C(=O)OC(C)C)Oc1ccccc1)[C@@H]1O[C@H](n2cc(C)c(=O)[nH]c2=S)[C@H](F)C1O. The summed E-state index contributed by atoms with van der Waals surface area (Å²) >= 11 is 5.06. The Morgan fingerprint density at radius 2 is 2.06 bits per heavy atom. The number of rotatable bonds is 10. The molecule has 1 aliphatic rings. The van der Waals surface area contributed by atoms with Crippen LogP contribution in [0.25, 0.3) is 0 Å². The second-order valence-electron chi connectivity index (χ2n) is 8.31. The van der Waals surface area contributed by atoms with E-state index in [4.69, 9.17) is 33.5 Å². The topological polar surface area (TPSA) is 141 Å². The van der Waals surface area contributed by atoms with Crippen LogP contribution in [0.3, 0.4) is 0 Å². The number of para-hydroxylation sites is 1. The molecule has 1 aliphatic heterocycles. The number of carbonyl (C=O) groups is 1. The maximum absolute atomic E-state index is 15.1. The highest BCUT2D eigenvalue weighted by molar-refractivity contribution is 7.71. The quantitative estimate of drug-likeness (QED) is 0.231. The Labute approximate surface area is 214 Å². The molecule has 6 atom stereocenters. The smallest absolute Gasteiger partial charge is 0.459 e. The van der Waals surface area contributed by atoms with Gasteiger partial charge in [-0.1, -0.05) is 18.2 Å². The third-order valence-electron chi connectivity index (χ3n) is 4.93. The van der Waals surface area contributed by atoms with Crippen molar-refractivity contribution in [1.82, 2.24) is 14.6 Å². The molecule has 198 valence electrons. The van der Waals surface area contributed by atoms with E-state index in [0.29, 0.717) is 0 Å². The molecule has 1 unspecified atom stereocenters. The number of hydrogen-bond donors (Lipinski definition) is 3. The zero-order valence-electron chi connectivity index (χ0n) is 21.9. The van der Waals surface area contributed by atoms with Crippen LogP contribution >= 0.6 is 20.0 Å². The first-order valence-electron chi connectivity index (χ1n) is 12.0. The van der Waals surface area contributed by atoms with Crippen molar-refractivity contribution >= 4 is 25.9 Å². The molecule has 1 aromatic carbocycles. The molecule has 0 saturated carbocycles. The van der Waals surface area contributed by atoms with Crippen molar-refractivity contribution in [3.8, 4) is 5.75 Å². The number of alkyl halides is 1. The molecule has 0 spiro atoms. The van der Waals surface area contributed by atoms with Crippen molar-refractivity contribution in [2.45, 2.75) is 64.4 Å². The summed E-state index contributed by atoms with van der Waals surface area (Å²) in [7, 11) is -4.74. The lowest BCUT2D eigenvalue weighted by atomic mass is 10.1. The molecule has 1 aromatic heterocycles. The Bertz CT molecular complexity index is 1310. The molecule has 0 radical (unpaired) electrons. The van der Waals surface area contributed by atoms with E-state index < -0.39 is 62.6 Å². The summed E-state index contributed by atoms with van der Waals surface area (Å²) < 4.78 is 67.7. The van der Waals surface area contributed by atoms with Gasteiger partial charge in [0, 0.05) is 11.8 Å². The van der Waals surface area contributed by atoms with Crippen LogP contribution < -0.4 is 15.2 Å². The largest absolute Gasteiger partial charge is 0.462 e. The Hall–Kier alpha value is -2.41. The van der Waals surface area contributed by atoms with E-state index in [1.54, 1.807) is 32.0 Å². The van der Waals surface area contributed by atoms with Gasteiger partial charge in [-0.15, -0.1) is 0 Å². The summed E-state index contributed by atoms with van der Waals surface area (Å²) in [5.74, 6) is -0.808. The van der Waals surface area contributed by atoms with Crippen molar-refractivity contribution in [2.24, 2.45) is 0 Å². The van der Waals surface area contributed by atoms with Crippen LogP contribution in [0, 0.1) is 11.7 Å². The number of benzene rings is 1. The molecule has 36 heavy (non-hydrogen) atoms. The van der Waals surface area contributed by atoms with Crippen molar-refractivity contribution in [3.63, 3.8) is 0 Å². The molecule has 1 fully saturated rings. The molecular formula is C22H29FN3O8PS. The number of carbonyl (C=O) groups excluding carboxylic acids is 1. The van der Waals surface area contributed by atoms with E-state index >= 15 is 4.39 Å². The second-order valence-corrected chi connectivity index (χ2v) is 10.3. The number of hydrogen-bond acceptors (Lipinski definition) is 9. The Morgan fingerprint density at radius 3 is 2.69 bits per heavy atom. The molecule has 3 N–H and O–H groups in total. The van der Waals surface area contributed by atoms with Crippen molar-refractivity contribution in [2.75, 3.05) is 6.56 Å². The van der Waals surface area contributed by atoms with Gasteiger partial charge in [-0.05, 0) is 52.0 Å². The van der Waals surface area contributed by atoms with E-state index in [2.05, 4.69) is 10.1 Å². The van der Waals surface area contributed by atoms with Crippen LogP contribution in [0.1, 0.15) is 35.3 Å². The molecule has 0 amide bonds. The zero-order valence-corrected chi connectivity index (χ0v) is 21.6. The van der Waals surface area contributed by atoms with Crippen molar-refractivity contribution in [3.05, 3.63) is 57.2 Å². The number of aryl methyl sites for hydroxylation is 1. The number of esters is 1. The normalized spacial score (nSPS) is 25.5. The van der Waals surface area contributed by atoms with Gasteiger partial charge in [-0.3, -0.25) is 23.7 Å². The standard InChI is InChI=1S/C22H29FN3O8PS/c1-12(2)32-21(29)14(4)25-35(30,34-15-8-6-5-7-9-15)31-11-16-18(27)17(23)20(33-16)26-10-13(3)19(28)24-22(26)36/h5-10,12,14,16-18,20,27H,11H2,1-4H3,(H,25,30)(H,24,28,36)/t14-,16-,17+,18?,20-,35+/m0/s1/i11D2. The van der Waals surface area contributed by atoms with Crippen LogP contribution in [0.15, 0.2) is 41.3 Å². The van der Waals surface area contributed by atoms with Gasteiger partial charge in [0.05, 0.1) is 15.4 Å². The number of ether oxygens (including phenoxy) is 2. The lowest BCUT2D eigenvalue weighted by molar-refractivity contribution is -0.149. The van der Waals surface area contributed by atoms with E-state index in [1.165, 1.54) is 32.2 Å². The predicted octanol–water partition coefficient (Wildman–Crippen LogP) is 2.94. The Balaban J connectivity index is 1.90.